The summed E-state index contributed by atoms with van der Waals surface area (Å²) in [6.07, 6.45) is 2.74. The molecule has 0 saturated carbocycles. The van der Waals surface area contributed by atoms with Crippen molar-refractivity contribution >= 4 is 0 Å². The Morgan fingerprint density at radius 3 is 2.38 bits per heavy atom. The molecule has 0 bridgehead atoms. The Morgan fingerprint density at radius 1 is 1.06 bits per heavy atom. The van der Waals surface area contributed by atoms with Gasteiger partial charge in [-0.3, -0.25) is 4.98 Å². The predicted octanol–water partition coefficient (Wildman–Crippen LogP) is 2.64. The number of aromatic nitrogens is 1. The highest BCUT2D eigenvalue weighted by atomic mass is 14.7. The van der Waals surface area contributed by atoms with Gasteiger partial charge in [0.05, 0.1) is 0 Å². The molecule has 0 aliphatic heterocycles. The fraction of sp³-hybridized carbons (Fsp3) is 0.214. The van der Waals surface area contributed by atoms with Crippen LogP contribution in [-0.2, 0) is 6.42 Å². The fourth-order valence-corrected chi connectivity index (χ4v) is 1.68. The summed E-state index contributed by atoms with van der Waals surface area (Å²) < 4.78 is 0. The Hall–Kier alpha value is -1.67. The number of pyridine rings is 1. The lowest BCUT2D eigenvalue weighted by Gasteiger charge is -2.05. The molecule has 1 aromatic carbocycles. The Morgan fingerprint density at radius 2 is 1.81 bits per heavy atom. The molecule has 0 fully saturated rings. The number of hydrogen-bond acceptors (Lipinski definition) is 2. The third kappa shape index (κ3) is 2.67. The van der Waals surface area contributed by atoms with Gasteiger partial charge in [0.15, 0.2) is 0 Å². The van der Waals surface area contributed by atoms with Crippen molar-refractivity contribution in [3.8, 4) is 11.1 Å². The van der Waals surface area contributed by atoms with E-state index >= 15 is 0 Å². The minimum absolute atomic E-state index is 0.162. The molecular weight excluding hydrogens is 196 g/mol. The summed E-state index contributed by atoms with van der Waals surface area (Å²) in [5, 5.41) is 0. The van der Waals surface area contributed by atoms with E-state index in [1.807, 2.05) is 37.4 Å². The molecule has 0 aliphatic rings. The summed E-state index contributed by atoms with van der Waals surface area (Å²) in [4.78, 5) is 4.42. The van der Waals surface area contributed by atoms with E-state index in [0.29, 0.717) is 0 Å². The van der Waals surface area contributed by atoms with E-state index in [0.717, 1.165) is 17.7 Å². The summed E-state index contributed by atoms with van der Waals surface area (Å²) in [5.74, 6) is 0. The molecule has 2 rings (SSSR count). The number of nitrogens with two attached hydrogens (primary N) is 1. The molecule has 82 valence electrons. The van der Waals surface area contributed by atoms with Crippen molar-refractivity contribution in [2.45, 2.75) is 19.4 Å². The second kappa shape index (κ2) is 4.90. The lowest BCUT2D eigenvalue weighted by atomic mass is 10.1. The quantitative estimate of drug-likeness (QED) is 0.849. The Bertz CT molecular complexity index is 432. The normalized spacial score (nSPS) is 12.4. The third-order valence-electron chi connectivity index (χ3n) is 2.46. The van der Waals surface area contributed by atoms with Crippen LogP contribution in [0.2, 0.25) is 0 Å². The van der Waals surface area contributed by atoms with Crippen LogP contribution in [0.1, 0.15) is 12.6 Å². The molecule has 0 spiro atoms. The maximum Gasteiger partial charge on any atom is 0.0419 e. The zero-order valence-electron chi connectivity index (χ0n) is 9.43. The summed E-state index contributed by atoms with van der Waals surface area (Å²) in [6.45, 7) is 1.99. The van der Waals surface area contributed by atoms with Crippen LogP contribution in [-0.4, -0.2) is 11.0 Å². The number of rotatable bonds is 3. The Balaban J connectivity index is 2.20. The zero-order chi connectivity index (χ0) is 11.4. The van der Waals surface area contributed by atoms with Crippen molar-refractivity contribution in [2.24, 2.45) is 5.73 Å². The summed E-state index contributed by atoms with van der Waals surface area (Å²) in [6, 6.07) is 14.6. The lowest BCUT2D eigenvalue weighted by molar-refractivity contribution is 0.722. The first-order chi connectivity index (χ1) is 7.75. The van der Waals surface area contributed by atoms with E-state index in [1.54, 1.807) is 0 Å². The molecule has 0 radical (unpaired) electrons. The van der Waals surface area contributed by atoms with Gasteiger partial charge < -0.3 is 5.73 Å². The number of benzene rings is 1. The van der Waals surface area contributed by atoms with Crippen LogP contribution >= 0.6 is 0 Å². The van der Waals surface area contributed by atoms with Crippen LogP contribution in [0.15, 0.2) is 48.7 Å². The van der Waals surface area contributed by atoms with Gasteiger partial charge in [-0.25, -0.2) is 0 Å². The molecule has 1 heterocycles. The first-order valence-corrected chi connectivity index (χ1v) is 5.51. The van der Waals surface area contributed by atoms with Crippen LogP contribution < -0.4 is 5.73 Å². The van der Waals surface area contributed by atoms with E-state index in [1.165, 1.54) is 5.56 Å². The molecule has 0 aliphatic carbocycles. The van der Waals surface area contributed by atoms with Gasteiger partial charge >= 0.3 is 0 Å². The first kappa shape index (κ1) is 10.8. The fourth-order valence-electron chi connectivity index (χ4n) is 1.68. The van der Waals surface area contributed by atoms with Crippen LogP contribution in [0.25, 0.3) is 11.1 Å². The minimum Gasteiger partial charge on any atom is -0.328 e. The summed E-state index contributed by atoms with van der Waals surface area (Å²) in [5.41, 5.74) is 9.13. The Labute approximate surface area is 96.1 Å². The van der Waals surface area contributed by atoms with Crippen LogP contribution in [0.3, 0.4) is 0 Å². The maximum absolute atomic E-state index is 5.73. The number of hydrogen-bond donors (Lipinski definition) is 1. The van der Waals surface area contributed by atoms with Gasteiger partial charge in [-0.2, -0.15) is 0 Å². The molecule has 2 N–H and O–H groups in total. The van der Waals surface area contributed by atoms with E-state index < -0.39 is 0 Å². The van der Waals surface area contributed by atoms with Gasteiger partial charge in [0.2, 0.25) is 0 Å². The second-order valence-electron chi connectivity index (χ2n) is 4.09. The first-order valence-electron chi connectivity index (χ1n) is 5.51. The average molecular weight is 212 g/mol. The van der Waals surface area contributed by atoms with E-state index in [9.17, 15) is 0 Å². The van der Waals surface area contributed by atoms with E-state index in [2.05, 4.69) is 23.2 Å². The SMILES string of the molecule is CC(N)Cc1ccc(-c2ccccc2)cn1. The zero-order valence-corrected chi connectivity index (χ0v) is 9.43. The monoisotopic (exact) mass is 212 g/mol. The minimum atomic E-state index is 0.162. The predicted molar refractivity (Wildman–Crippen MR) is 67.0 cm³/mol. The van der Waals surface area contributed by atoms with Crippen LogP contribution in [0, 0.1) is 0 Å². The standard InChI is InChI=1S/C14H16N2/c1-11(15)9-14-8-7-13(10-16-14)12-5-3-2-4-6-12/h2-8,10-11H,9,15H2,1H3. The maximum atomic E-state index is 5.73. The smallest absolute Gasteiger partial charge is 0.0419 e. The van der Waals surface area contributed by atoms with Gasteiger partial charge in [0, 0.05) is 29.9 Å². The van der Waals surface area contributed by atoms with E-state index in [4.69, 9.17) is 5.73 Å². The summed E-state index contributed by atoms with van der Waals surface area (Å²) in [7, 11) is 0. The van der Waals surface area contributed by atoms with Crippen molar-refractivity contribution in [3.05, 3.63) is 54.4 Å². The average Bonchev–Trinajstić information content (AvgIpc) is 2.30. The highest BCUT2D eigenvalue weighted by molar-refractivity contribution is 5.62. The van der Waals surface area contributed by atoms with Crippen LogP contribution in [0.4, 0.5) is 0 Å². The molecule has 1 atom stereocenters. The highest BCUT2D eigenvalue weighted by Crippen LogP contribution is 2.17. The van der Waals surface area contributed by atoms with Gasteiger partial charge in [-0.05, 0) is 18.6 Å². The number of nitrogens with zero attached hydrogens (tertiary/aromatic N) is 1. The van der Waals surface area contributed by atoms with E-state index in [-0.39, 0.29) is 6.04 Å². The summed E-state index contributed by atoms with van der Waals surface area (Å²) >= 11 is 0. The highest BCUT2D eigenvalue weighted by Gasteiger charge is 2.00. The lowest BCUT2D eigenvalue weighted by Crippen LogP contribution is -2.18. The molecule has 0 saturated heterocycles. The Kier molecular flexibility index (Phi) is 3.32. The van der Waals surface area contributed by atoms with Crippen molar-refractivity contribution in [2.75, 3.05) is 0 Å². The van der Waals surface area contributed by atoms with Crippen molar-refractivity contribution in [1.29, 1.82) is 0 Å². The van der Waals surface area contributed by atoms with Crippen LogP contribution in [0.5, 0.6) is 0 Å². The van der Waals surface area contributed by atoms with Gasteiger partial charge in [-0.1, -0.05) is 36.4 Å². The van der Waals surface area contributed by atoms with Crippen molar-refractivity contribution < 1.29 is 0 Å². The molecule has 2 nitrogen and oxygen atoms in total. The molecular formula is C14H16N2. The molecule has 0 amide bonds. The molecule has 2 aromatic rings. The van der Waals surface area contributed by atoms with Crippen molar-refractivity contribution in [1.82, 2.24) is 4.98 Å². The molecule has 1 unspecified atom stereocenters. The molecule has 2 heteroatoms. The molecule has 16 heavy (non-hydrogen) atoms. The van der Waals surface area contributed by atoms with Gasteiger partial charge in [0.25, 0.3) is 0 Å². The third-order valence-corrected chi connectivity index (χ3v) is 2.46. The topological polar surface area (TPSA) is 38.9 Å². The van der Waals surface area contributed by atoms with Gasteiger partial charge in [0.1, 0.15) is 0 Å². The second-order valence-corrected chi connectivity index (χ2v) is 4.09. The molecule has 1 aromatic heterocycles. The van der Waals surface area contributed by atoms with Gasteiger partial charge in [-0.15, -0.1) is 0 Å². The van der Waals surface area contributed by atoms with Crippen molar-refractivity contribution in [3.63, 3.8) is 0 Å². The largest absolute Gasteiger partial charge is 0.328 e.